The first-order valence-electron chi connectivity index (χ1n) is 7.46. The third kappa shape index (κ3) is 4.46. The Morgan fingerprint density at radius 2 is 1.73 bits per heavy atom. The minimum atomic E-state index is -0.223. The van der Waals surface area contributed by atoms with Gasteiger partial charge in [-0.05, 0) is 55.1 Å². The molecule has 0 heterocycles. The van der Waals surface area contributed by atoms with Crippen molar-refractivity contribution in [3.8, 4) is 11.5 Å². The molecule has 22 heavy (non-hydrogen) atoms. The zero-order chi connectivity index (χ0) is 15.8. The predicted molar refractivity (Wildman–Crippen MR) is 85.9 cm³/mol. The van der Waals surface area contributed by atoms with Crippen molar-refractivity contribution in [3.63, 3.8) is 0 Å². The Hall–Kier alpha value is -2.07. The summed E-state index contributed by atoms with van der Waals surface area (Å²) in [6.07, 6.45) is 1.77. The molecule has 2 aromatic carbocycles. The van der Waals surface area contributed by atoms with Gasteiger partial charge in [0.2, 0.25) is 0 Å². The number of benzene rings is 2. The first-order valence-corrected chi connectivity index (χ1v) is 7.46. The lowest BCUT2D eigenvalue weighted by Crippen LogP contribution is -2.13. The highest BCUT2D eigenvalue weighted by Gasteiger charge is 2.10. The van der Waals surface area contributed by atoms with Gasteiger partial charge in [0.25, 0.3) is 0 Å². The van der Waals surface area contributed by atoms with Gasteiger partial charge in [0.1, 0.15) is 5.82 Å². The summed E-state index contributed by atoms with van der Waals surface area (Å²) in [5.41, 5.74) is 6.90. The Balaban J connectivity index is 1.83. The monoisotopic (exact) mass is 303 g/mol. The molecule has 3 nitrogen and oxygen atoms in total. The van der Waals surface area contributed by atoms with Gasteiger partial charge in [-0.1, -0.05) is 24.3 Å². The lowest BCUT2D eigenvalue weighted by molar-refractivity contribution is 0.282. The SMILES string of the molecule is COc1ccccc1OCCCC(CN)c1ccc(F)cc1. The molecule has 0 aliphatic carbocycles. The molecule has 2 aromatic rings. The fourth-order valence-electron chi connectivity index (χ4n) is 2.41. The highest BCUT2D eigenvalue weighted by Crippen LogP contribution is 2.26. The van der Waals surface area contributed by atoms with E-state index in [0.717, 1.165) is 29.9 Å². The maximum Gasteiger partial charge on any atom is 0.161 e. The van der Waals surface area contributed by atoms with E-state index in [2.05, 4.69) is 0 Å². The van der Waals surface area contributed by atoms with Crippen molar-refractivity contribution >= 4 is 0 Å². The Morgan fingerprint density at radius 1 is 1.05 bits per heavy atom. The summed E-state index contributed by atoms with van der Waals surface area (Å²) >= 11 is 0. The number of halogens is 1. The Labute approximate surface area is 130 Å². The van der Waals surface area contributed by atoms with Crippen LogP contribution in [-0.2, 0) is 0 Å². The van der Waals surface area contributed by atoms with Crippen molar-refractivity contribution in [3.05, 3.63) is 59.9 Å². The van der Waals surface area contributed by atoms with Crippen LogP contribution in [0, 0.1) is 5.82 Å². The number of ether oxygens (including phenoxy) is 2. The summed E-state index contributed by atoms with van der Waals surface area (Å²) in [5.74, 6) is 1.48. The quantitative estimate of drug-likeness (QED) is 0.756. The molecule has 4 heteroatoms. The number of para-hydroxylation sites is 2. The average Bonchev–Trinajstić information content (AvgIpc) is 2.56. The van der Waals surface area contributed by atoms with Crippen molar-refractivity contribution in [1.29, 1.82) is 0 Å². The summed E-state index contributed by atoms with van der Waals surface area (Å²) in [6, 6.07) is 14.1. The van der Waals surface area contributed by atoms with Gasteiger partial charge in [0, 0.05) is 0 Å². The molecule has 0 spiro atoms. The molecule has 0 fully saturated rings. The summed E-state index contributed by atoms with van der Waals surface area (Å²) in [7, 11) is 1.63. The normalized spacial score (nSPS) is 12.0. The minimum Gasteiger partial charge on any atom is -0.493 e. The second-order valence-corrected chi connectivity index (χ2v) is 5.13. The van der Waals surface area contributed by atoms with Crippen molar-refractivity contribution in [2.24, 2.45) is 5.73 Å². The lowest BCUT2D eigenvalue weighted by atomic mass is 9.94. The zero-order valence-corrected chi connectivity index (χ0v) is 12.8. The topological polar surface area (TPSA) is 44.5 Å². The van der Waals surface area contributed by atoms with Gasteiger partial charge < -0.3 is 15.2 Å². The minimum absolute atomic E-state index is 0.223. The summed E-state index contributed by atoms with van der Waals surface area (Å²) in [5, 5.41) is 0. The van der Waals surface area contributed by atoms with Crippen LogP contribution in [0.2, 0.25) is 0 Å². The summed E-state index contributed by atoms with van der Waals surface area (Å²) in [6.45, 7) is 1.14. The first kappa shape index (κ1) is 16.3. The van der Waals surface area contributed by atoms with Crippen molar-refractivity contribution < 1.29 is 13.9 Å². The van der Waals surface area contributed by atoms with E-state index in [1.807, 2.05) is 24.3 Å². The molecule has 1 unspecified atom stereocenters. The molecule has 2 rings (SSSR count). The predicted octanol–water partition coefficient (Wildman–Crippen LogP) is 3.74. The van der Waals surface area contributed by atoms with Crippen LogP contribution >= 0.6 is 0 Å². The molecule has 0 aliphatic heterocycles. The van der Waals surface area contributed by atoms with Crippen LogP contribution in [0.3, 0.4) is 0 Å². The van der Waals surface area contributed by atoms with E-state index in [0.29, 0.717) is 13.2 Å². The number of nitrogens with two attached hydrogens (primary N) is 1. The molecule has 0 saturated heterocycles. The van der Waals surface area contributed by atoms with E-state index in [4.69, 9.17) is 15.2 Å². The summed E-state index contributed by atoms with van der Waals surface area (Å²) < 4.78 is 24.0. The molecular weight excluding hydrogens is 281 g/mol. The Morgan fingerprint density at radius 3 is 2.36 bits per heavy atom. The maximum atomic E-state index is 13.0. The second kappa shape index (κ2) is 8.39. The molecule has 0 radical (unpaired) electrons. The number of methoxy groups -OCH3 is 1. The van der Waals surface area contributed by atoms with Crippen molar-refractivity contribution in [2.45, 2.75) is 18.8 Å². The van der Waals surface area contributed by atoms with Gasteiger partial charge in [-0.25, -0.2) is 4.39 Å². The van der Waals surface area contributed by atoms with Gasteiger partial charge in [0.15, 0.2) is 11.5 Å². The van der Waals surface area contributed by atoms with E-state index in [1.165, 1.54) is 12.1 Å². The third-order valence-electron chi connectivity index (χ3n) is 3.65. The van der Waals surface area contributed by atoms with Gasteiger partial charge >= 0.3 is 0 Å². The van der Waals surface area contributed by atoms with E-state index in [-0.39, 0.29) is 11.7 Å². The van der Waals surface area contributed by atoms with Crippen molar-refractivity contribution in [1.82, 2.24) is 0 Å². The molecule has 2 N–H and O–H groups in total. The van der Waals surface area contributed by atoms with Crippen LogP contribution in [0.5, 0.6) is 11.5 Å². The van der Waals surface area contributed by atoms with Gasteiger partial charge in [-0.3, -0.25) is 0 Å². The fourth-order valence-corrected chi connectivity index (χ4v) is 2.41. The van der Waals surface area contributed by atoms with Crippen LogP contribution in [0.1, 0.15) is 24.3 Å². The number of rotatable bonds is 8. The Bertz CT molecular complexity index is 572. The van der Waals surface area contributed by atoms with Gasteiger partial charge in [0.05, 0.1) is 13.7 Å². The zero-order valence-electron chi connectivity index (χ0n) is 12.8. The Kier molecular flexibility index (Phi) is 6.22. The maximum absolute atomic E-state index is 13.0. The second-order valence-electron chi connectivity index (χ2n) is 5.13. The largest absolute Gasteiger partial charge is 0.493 e. The van der Waals surface area contributed by atoms with Crippen molar-refractivity contribution in [2.75, 3.05) is 20.3 Å². The molecule has 0 saturated carbocycles. The van der Waals surface area contributed by atoms with E-state index in [9.17, 15) is 4.39 Å². The molecule has 0 aromatic heterocycles. The summed E-state index contributed by atoms with van der Waals surface area (Å²) in [4.78, 5) is 0. The van der Waals surface area contributed by atoms with E-state index in [1.54, 1.807) is 19.2 Å². The smallest absolute Gasteiger partial charge is 0.161 e. The fraction of sp³-hybridized carbons (Fsp3) is 0.333. The van der Waals surface area contributed by atoms with Gasteiger partial charge in [-0.2, -0.15) is 0 Å². The average molecular weight is 303 g/mol. The number of hydrogen-bond donors (Lipinski definition) is 1. The lowest BCUT2D eigenvalue weighted by Gasteiger charge is -2.16. The third-order valence-corrected chi connectivity index (χ3v) is 3.65. The highest BCUT2D eigenvalue weighted by molar-refractivity contribution is 5.39. The van der Waals surface area contributed by atoms with E-state index >= 15 is 0 Å². The molecular formula is C18H22FNO2. The van der Waals surface area contributed by atoms with Crippen LogP contribution in [0.25, 0.3) is 0 Å². The van der Waals surface area contributed by atoms with Gasteiger partial charge in [-0.15, -0.1) is 0 Å². The van der Waals surface area contributed by atoms with Crippen LogP contribution < -0.4 is 15.2 Å². The molecule has 1 atom stereocenters. The van der Waals surface area contributed by atoms with Crippen LogP contribution in [0.4, 0.5) is 4.39 Å². The standard InChI is InChI=1S/C18H22FNO2/c1-21-17-6-2-3-7-18(17)22-12-4-5-15(13-20)14-8-10-16(19)11-9-14/h2-3,6-11,15H,4-5,12-13,20H2,1H3. The molecule has 0 aliphatic rings. The molecule has 118 valence electrons. The van der Waals surface area contributed by atoms with E-state index < -0.39 is 0 Å². The number of hydrogen-bond acceptors (Lipinski definition) is 3. The highest BCUT2D eigenvalue weighted by atomic mass is 19.1. The molecule has 0 bridgehead atoms. The molecule has 0 amide bonds. The van der Waals surface area contributed by atoms with Crippen LogP contribution in [0.15, 0.2) is 48.5 Å². The first-order chi connectivity index (χ1) is 10.7. The van der Waals surface area contributed by atoms with Crippen LogP contribution in [-0.4, -0.2) is 20.3 Å².